The fourth-order valence-corrected chi connectivity index (χ4v) is 2.62. The van der Waals surface area contributed by atoms with Gasteiger partial charge in [-0.2, -0.15) is 0 Å². The first-order valence-electron chi connectivity index (χ1n) is 7.66. The van der Waals surface area contributed by atoms with Crippen molar-refractivity contribution in [2.75, 3.05) is 6.61 Å². The maximum absolute atomic E-state index is 6.39. The first-order chi connectivity index (χ1) is 10.1. The number of hydrogen-bond acceptors (Lipinski definition) is 2. The van der Waals surface area contributed by atoms with Crippen molar-refractivity contribution in [1.82, 2.24) is 0 Å². The van der Waals surface area contributed by atoms with E-state index < -0.39 is 0 Å². The summed E-state index contributed by atoms with van der Waals surface area (Å²) in [5, 5.41) is 0. The minimum Gasteiger partial charge on any atom is -0.376 e. The Morgan fingerprint density at radius 2 is 1.48 bits per heavy atom. The van der Waals surface area contributed by atoms with Crippen LogP contribution < -0.4 is 5.73 Å². The summed E-state index contributed by atoms with van der Waals surface area (Å²) in [6.07, 6.45) is 0.0533. The van der Waals surface area contributed by atoms with E-state index in [1.54, 1.807) is 0 Å². The summed E-state index contributed by atoms with van der Waals surface area (Å²) in [5.74, 6) is 0.397. The van der Waals surface area contributed by atoms with Crippen molar-refractivity contribution in [2.45, 2.75) is 32.9 Å². The predicted octanol–water partition coefficient (Wildman–Crippen LogP) is 4.41. The van der Waals surface area contributed by atoms with Gasteiger partial charge in [0.1, 0.15) is 0 Å². The molecule has 2 aromatic carbocycles. The Morgan fingerprint density at radius 3 is 2.00 bits per heavy atom. The number of hydrogen-bond donors (Lipinski definition) is 1. The van der Waals surface area contributed by atoms with E-state index in [1.165, 1.54) is 11.1 Å². The van der Waals surface area contributed by atoms with Crippen LogP contribution >= 0.6 is 0 Å². The molecule has 2 unspecified atom stereocenters. The Balaban J connectivity index is 2.18. The molecule has 0 radical (unpaired) electrons. The molecular formula is C19H25NO. The van der Waals surface area contributed by atoms with Gasteiger partial charge < -0.3 is 10.5 Å². The third kappa shape index (κ3) is 3.93. The molecule has 0 aromatic heterocycles. The number of nitrogens with two attached hydrogens (primary N) is 1. The average molecular weight is 283 g/mol. The van der Waals surface area contributed by atoms with Crippen LogP contribution in [0.25, 0.3) is 11.1 Å². The lowest BCUT2D eigenvalue weighted by atomic mass is 9.93. The van der Waals surface area contributed by atoms with Gasteiger partial charge in [-0.1, -0.05) is 68.4 Å². The highest BCUT2D eigenvalue weighted by molar-refractivity contribution is 5.63. The van der Waals surface area contributed by atoms with Gasteiger partial charge in [-0.3, -0.25) is 0 Å². The molecule has 0 fully saturated rings. The van der Waals surface area contributed by atoms with E-state index in [2.05, 4.69) is 62.4 Å². The normalized spacial score (nSPS) is 14.1. The third-order valence-corrected chi connectivity index (χ3v) is 3.77. The molecule has 0 saturated heterocycles. The highest BCUT2D eigenvalue weighted by atomic mass is 16.5. The van der Waals surface area contributed by atoms with E-state index in [1.807, 2.05) is 13.0 Å². The van der Waals surface area contributed by atoms with Crippen LogP contribution in [0, 0.1) is 5.92 Å². The van der Waals surface area contributed by atoms with E-state index in [0.29, 0.717) is 12.5 Å². The van der Waals surface area contributed by atoms with Crippen molar-refractivity contribution in [3.63, 3.8) is 0 Å². The predicted molar refractivity (Wildman–Crippen MR) is 89.1 cm³/mol. The summed E-state index contributed by atoms with van der Waals surface area (Å²) in [4.78, 5) is 0. The largest absolute Gasteiger partial charge is 0.376 e. The molecule has 2 atom stereocenters. The summed E-state index contributed by atoms with van der Waals surface area (Å²) in [7, 11) is 0. The molecule has 2 nitrogen and oxygen atoms in total. The molecule has 0 aliphatic carbocycles. The minimum atomic E-state index is -0.0882. The Labute approximate surface area is 127 Å². The minimum absolute atomic E-state index is 0.0533. The topological polar surface area (TPSA) is 35.2 Å². The summed E-state index contributed by atoms with van der Waals surface area (Å²) in [5.41, 5.74) is 9.95. The molecule has 21 heavy (non-hydrogen) atoms. The maximum atomic E-state index is 6.39. The SMILES string of the molecule is CCOC(C(C)C)C(N)c1ccc(-c2ccccc2)cc1. The first-order valence-corrected chi connectivity index (χ1v) is 7.66. The van der Waals surface area contributed by atoms with E-state index in [-0.39, 0.29) is 12.1 Å². The molecule has 2 rings (SSSR count). The highest BCUT2D eigenvalue weighted by Gasteiger charge is 2.23. The molecule has 112 valence electrons. The summed E-state index contributed by atoms with van der Waals surface area (Å²) >= 11 is 0. The zero-order chi connectivity index (χ0) is 15.2. The van der Waals surface area contributed by atoms with Crippen LogP contribution in [0.2, 0.25) is 0 Å². The van der Waals surface area contributed by atoms with Crippen molar-refractivity contribution < 1.29 is 4.74 Å². The zero-order valence-electron chi connectivity index (χ0n) is 13.1. The molecule has 0 aliphatic heterocycles. The maximum Gasteiger partial charge on any atom is 0.0790 e. The second-order valence-corrected chi connectivity index (χ2v) is 5.68. The first kappa shape index (κ1) is 15.7. The van der Waals surface area contributed by atoms with Gasteiger partial charge in [0.05, 0.1) is 12.1 Å². The molecule has 0 amide bonds. The van der Waals surface area contributed by atoms with Crippen molar-refractivity contribution in [2.24, 2.45) is 11.7 Å². The summed E-state index contributed by atoms with van der Waals surface area (Å²) in [6, 6.07) is 18.8. The molecular weight excluding hydrogens is 258 g/mol. The average Bonchev–Trinajstić information content (AvgIpc) is 2.53. The fraction of sp³-hybridized carbons (Fsp3) is 0.368. The Hall–Kier alpha value is -1.64. The standard InChI is InChI=1S/C19H25NO/c1-4-21-19(14(2)3)18(20)17-12-10-16(11-13-17)15-8-6-5-7-9-15/h5-14,18-19H,4,20H2,1-3H3. The van der Waals surface area contributed by atoms with Crippen molar-refractivity contribution in [3.8, 4) is 11.1 Å². The second kappa shape index (κ2) is 7.39. The summed E-state index contributed by atoms with van der Waals surface area (Å²) < 4.78 is 5.81. The van der Waals surface area contributed by atoms with E-state index in [9.17, 15) is 0 Å². The Bertz CT molecular complexity index is 533. The lowest BCUT2D eigenvalue weighted by molar-refractivity contribution is 0.0121. The molecule has 2 aromatic rings. The highest BCUT2D eigenvalue weighted by Crippen LogP contribution is 2.25. The van der Waals surface area contributed by atoms with Crippen molar-refractivity contribution in [3.05, 3.63) is 60.2 Å². The third-order valence-electron chi connectivity index (χ3n) is 3.77. The van der Waals surface area contributed by atoms with Crippen LogP contribution in [0.3, 0.4) is 0 Å². The molecule has 2 N–H and O–H groups in total. The van der Waals surface area contributed by atoms with Crippen LogP contribution in [0.5, 0.6) is 0 Å². The Morgan fingerprint density at radius 1 is 0.905 bits per heavy atom. The van der Waals surface area contributed by atoms with Crippen LogP contribution in [-0.2, 0) is 4.74 Å². The zero-order valence-corrected chi connectivity index (χ0v) is 13.1. The van der Waals surface area contributed by atoms with Gasteiger partial charge in [0, 0.05) is 6.61 Å². The van der Waals surface area contributed by atoms with Crippen LogP contribution in [0.1, 0.15) is 32.4 Å². The van der Waals surface area contributed by atoms with Gasteiger partial charge in [-0.05, 0) is 29.5 Å². The number of ether oxygens (including phenoxy) is 1. The van der Waals surface area contributed by atoms with Gasteiger partial charge in [0.2, 0.25) is 0 Å². The Kier molecular flexibility index (Phi) is 5.54. The fourth-order valence-electron chi connectivity index (χ4n) is 2.62. The van der Waals surface area contributed by atoms with Crippen LogP contribution in [-0.4, -0.2) is 12.7 Å². The van der Waals surface area contributed by atoms with Crippen molar-refractivity contribution >= 4 is 0 Å². The smallest absolute Gasteiger partial charge is 0.0790 e. The van der Waals surface area contributed by atoms with Gasteiger partial charge in [-0.15, -0.1) is 0 Å². The summed E-state index contributed by atoms with van der Waals surface area (Å²) in [6.45, 7) is 7.01. The van der Waals surface area contributed by atoms with Crippen molar-refractivity contribution in [1.29, 1.82) is 0 Å². The van der Waals surface area contributed by atoms with Crippen LogP contribution in [0.15, 0.2) is 54.6 Å². The number of benzene rings is 2. The second-order valence-electron chi connectivity index (χ2n) is 5.68. The van der Waals surface area contributed by atoms with Gasteiger partial charge in [0.15, 0.2) is 0 Å². The molecule has 0 heterocycles. The van der Waals surface area contributed by atoms with E-state index in [4.69, 9.17) is 10.5 Å². The number of rotatable bonds is 6. The molecule has 0 aliphatic rings. The van der Waals surface area contributed by atoms with Gasteiger partial charge in [0.25, 0.3) is 0 Å². The quantitative estimate of drug-likeness (QED) is 0.852. The molecule has 0 spiro atoms. The van der Waals surface area contributed by atoms with E-state index in [0.717, 1.165) is 5.56 Å². The van der Waals surface area contributed by atoms with E-state index >= 15 is 0 Å². The van der Waals surface area contributed by atoms with Gasteiger partial charge in [-0.25, -0.2) is 0 Å². The monoisotopic (exact) mass is 283 g/mol. The molecule has 0 bridgehead atoms. The molecule has 2 heteroatoms. The van der Waals surface area contributed by atoms with Crippen LogP contribution in [0.4, 0.5) is 0 Å². The lowest BCUT2D eigenvalue weighted by Crippen LogP contribution is -2.33. The van der Waals surface area contributed by atoms with Gasteiger partial charge >= 0.3 is 0 Å². The lowest BCUT2D eigenvalue weighted by Gasteiger charge is -2.27. The molecule has 0 saturated carbocycles.